The van der Waals surface area contributed by atoms with Crippen molar-refractivity contribution in [2.75, 3.05) is 11.5 Å². The summed E-state index contributed by atoms with van der Waals surface area (Å²) in [5.41, 5.74) is 10.6. The van der Waals surface area contributed by atoms with Crippen molar-refractivity contribution in [2.24, 2.45) is 0 Å². The van der Waals surface area contributed by atoms with Crippen LogP contribution in [-0.2, 0) is 6.18 Å². The first kappa shape index (κ1) is 12.8. The van der Waals surface area contributed by atoms with Gasteiger partial charge >= 0.3 is 6.18 Å². The van der Waals surface area contributed by atoms with Gasteiger partial charge in [0.25, 0.3) is 0 Å². The lowest BCUT2D eigenvalue weighted by molar-refractivity contribution is -0.144. The molecule has 1 heterocycles. The van der Waals surface area contributed by atoms with E-state index < -0.39 is 12.0 Å². The van der Waals surface area contributed by atoms with Gasteiger partial charge in [-0.1, -0.05) is 0 Å². The minimum absolute atomic E-state index is 0. The van der Waals surface area contributed by atoms with Crippen LogP contribution in [0.15, 0.2) is 0 Å². The number of halogens is 4. The first-order chi connectivity index (χ1) is 5.82. The van der Waals surface area contributed by atoms with Crippen LogP contribution in [0.2, 0.25) is 0 Å². The molecular formula is C6H8ClF3N4. The van der Waals surface area contributed by atoms with Gasteiger partial charge in [0.2, 0.25) is 5.82 Å². The molecule has 0 fully saturated rings. The fourth-order valence-corrected chi connectivity index (χ4v) is 0.679. The number of nitrogen functional groups attached to an aromatic ring is 2. The fourth-order valence-electron chi connectivity index (χ4n) is 0.679. The molecule has 8 heteroatoms. The molecule has 4 N–H and O–H groups in total. The number of hydrogen-bond donors (Lipinski definition) is 2. The molecule has 0 aliphatic heterocycles. The lowest BCUT2D eigenvalue weighted by Gasteiger charge is -2.08. The van der Waals surface area contributed by atoms with Crippen molar-refractivity contribution in [3.05, 3.63) is 11.4 Å². The summed E-state index contributed by atoms with van der Waals surface area (Å²) in [6.45, 7) is 1.45. The van der Waals surface area contributed by atoms with E-state index in [1.165, 1.54) is 6.92 Å². The van der Waals surface area contributed by atoms with Gasteiger partial charge in [0.15, 0.2) is 0 Å². The summed E-state index contributed by atoms with van der Waals surface area (Å²) in [5, 5.41) is 0. The monoisotopic (exact) mass is 228 g/mol. The number of anilines is 2. The Balaban J connectivity index is 0.00000169. The van der Waals surface area contributed by atoms with Gasteiger partial charge in [0, 0.05) is 5.56 Å². The summed E-state index contributed by atoms with van der Waals surface area (Å²) in [6, 6.07) is 0. The van der Waals surface area contributed by atoms with Crippen molar-refractivity contribution in [2.45, 2.75) is 13.1 Å². The van der Waals surface area contributed by atoms with Crippen molar-refractivity contribution in [1.29, 1.82) is 0 Å². The van der Waals surface area contributed by atoms with E-state index in [-0.39, 0.29) is 29.6 Å². The van der Waals surface area contributed by atoms with Gasteiger partial charge in [-0.3, -0.25) is 0 Å². The van der Waals surface area contributed by atoms with Crippen molar-refractivity contribution < 1.29 is 13.2 Å². The average molecular weight is 229 g/mol. The molecule has 0 bridgehead atoms. The van der Waals surface area contributed by atoms with E-state index in [2.05, 4.69) is 9.97 Å². The Morgan fingerprint density at radius 2 is 1.43 bits per heavy atom. The van der Waals surface area contributed by atoms with Crippen LogP contribution in [0.3, 0.4) is 0 Å². The Morgan fingerprint density at radius 1 is 1.07 bits per heavy atom. The zero-order chi connectivity index (χ0) is 10.2. The molecule has 4 nitrogen and oxygen atoms in total. The average Bonchev–Trinajstić information content (AvgIpc) is 1.97. The van der Waals surface area contributed by atoms with Crippen LogP contribution in [0, 0.1) is 6.92 Å². The highest BCUT2D eigenvalue weighted by atomic mass is 35.5. The maximum atomic E-state index is 12.0. The number of nitrogens with zero attached hydrogens (tertiary/aromatic N) is 2. The van der Waals surface area contributed by atoms with Crippen LogP contribution < -0.4 is 11.5 Å². The Labute approximate surface area is 83.9 Å². The second kappa shape index (κ2) is 3.87. The van der Waals surface area contributed by atoms with E-state index in [0.717, 1.165) is 0 Å². The standard InChI is InChI=1S/C6H7F3N4.ClH/c1-2-3(10)12-5(6(7,8)9)13-4(2)11;/h1H3,(H4,10,11,12,13);1H. The molecule has 0 spiro atoms. The Bertz CT molecular complexity index is 315. The fraction of sp³-hybridized carbons (Fsp3) is 0.333. The molecule has 14 heavy (non-hydrogen) atoms. The molecule has 0 aliphatic rings. The maximum Gasteiger partial charge on any atom is 0.451 e. The summed E-state index contributed by atoms with van der Waals surface area (Å²) < 4.78 is 36.1. The molecule has 0 saturated heterocycles. The Morgan fingerprint density at radius 3 is 1.71 bits per heavy atom. The lowest BCUT2D eigenvalue weighted by atomic mass is 10.3. The predicted molar refractivity (Wildman–Crippen MR) is 47.8 cm³/mol. The second-order valence-electron chi connectivity index (χ2n) is 2.44. The largest absolute Gasteiger partial charge is 0.451 e. The molecule has 1 aromatic heterocycles. The normalized spacial score (nSPS) is 10.9. The Hall–Kier alpha value is -1.24. The van der Waals surface area contributed by atoms with Crippen molar-refractivity contribution >= 4 is 24.0 Å². The first-order valence-electron chi connectivity index (χ1n) is 3.29. The molecule has 0 radical (unpaired) electrons. The second-order valence-corrected chi connectivity index (χ2v) is 2.44. The van der Waals surface area contributed by atoms with Crippen LogP contribution in [0.1, 0.15) is 11.4 Å². The summed E-state index contributed by atoms with van der Waals surface area (Å²) >= 11 is 0. The number of rotatable bonds is 0. The molecule has 0 unspecified atom stereocenters. The van der Waals surface area contributed by atoms with Gasteiger partial charge in [-0.05, 0) is 6.92 Å². The summed E-state index contributed by atoms with van der Waals surface area (Å²) in [6.07, 6.45) is -4.62. The van der Waals surface area contributed by atoms with Crippen LogP contribution in [-0.4, -0.2) is 9.97 Å². The van der Waals surface area contributed by atoms with E-state index in [1.807, 2.05) is 0 Å². The van der Waals surface area contributed by atoms with E-state index in [4.69, 9.17) is 11.5 Å². The summed E-state index contributed by atoms with van der Waals surface area (Å²) in [7, 11) is 0. The van der Waals surface area contributed by atoms with Crippen LogP contribution in [0.5, 0.6) is 0 Å². The zero-order valence-corrected chi connectivity index (χ0v) is 7.91. The third kappa shape index (κ3) is 2.38. The van der Waals surface area contributed by atoms with Gasteiger partial charge in [0.05, 0.1) is 0 Å². The maximum absolute atomic E-state index is 12.0. The molecule has 0 saturated carbocycles. The van der Waals surface area contributed by atoms with Crippen LogP contribution in [0.4, 0.5) is 24.8 Å². The van der Waals surface area contributed by atoms with Crippen molar-refractivity contribution in [3.63, 3.8) is 0 Å². The minimum atomic E-state index is -4.62. The van der Waals surface area contributed by atoms with Gasteiger partial charge in [-0.25, -0.2) is 9.97 Å². The minimum Gasteiger partial charge on any atom is -0.383 e. The van der Waals surface area contributed by atoms with Gasteiger partial charge < -0.3 is 11.5 Å². The third-order valence-corrected chi connectivity index (χ3v) is 1.47. The lowest BCUT2D eigenvalue weighted by Crippen LogP contribution is -2.15. The molecule has 0 aromatic carbocycles. The molecule has 1 rings (SSSR count). The molecule has 1 aromatic rings. The summed E-state index contributed by atoms with van der Waals surface area (Å²) in [5.74, 6) is -1.81. The molecular weight excluding hydrogens is 221 g/mol. The highest BCUT2D eigenvalue weighted by Crippen LogP contribution is 2.28. The predicted octanol–water partition coefficient (Wildman–Crippen LogP) is 1.39. The van der Waals surface area contributed by atoms with Crippen molar-refractivity contribution in [1.82, 2.24) is 9.97 Å². The topological polar surface area (TPSA) is 77.8 Å². The first-order valence-corrected chi connectivity index (χ1v) is 3.29. The number of aromatic nitrogens is 2. The number of nitrogens with two attached hydrogens (primary N) is 2. The SMILES string of the molecule is Cc1c(N)nc(C(F)(F)F)nc1N.Cl. The van der Waals surface area contributed by atoms with Gasteiger partial charge in [-0.15, -0.1) is 12.4 Å². The van der Waals surface area contributed by atoms with E-state index in [1.54, 1.807) is 0 Å². The zero-order valence-electron chi connectivity index (χ0n) is 7.09. The number of alkyl halides is 3. The number of hydrogen-bond acceptors (Lipinski definition) is 4. The van der Waals surface area contributed by atoms with Crippen LogP contribution in [0.25, 0.3) is 0 Å². The molecule has 0 amide bonds. The molecule has 0 atom stereocenters. The third-order valence-electron chi connectivity index (χ3n) is 1.47. The van der Waals surface area contributed by atoms with Gasteiger partial charge in [0.1, 0.15) is 11.6 Å². The smallest absolute Gasteiger partial charge is 0.383 e. The Kier molecular flexibility index (Phi) is 3.53. The van der Waals surface area contributed by atoms with E-state index in [0.29, 0.717) is 0 Å². The van der Waals surface area contributed by atoms with E-state index in [9.17, 15) is 13.2 Å². The molecule has 0 aliphatic carbocycles. The van der Waals surface area contributed by atoms with Crippen molar-refractivity contribution in [3.8, 4) is 0 Å². The molecule has 80 valence electrons. The van der Waals surface area contributed by atoms with Crippen LogP contribution >= 0.6 is 12.4 Å². The quantitative estimate of drug-likeness (QED) is 0.703. The summed E-state index contributed by atoms with van der Waals surface area (Å²) in [4.78, 5) is 6.13. The van der Waals surface area contributed by atoms with Gasteiger partial charge in [-0.2, -0.15) is 13.2 Å². The highest BCUT2D eigenvalue weighted by molar-refractivity contribution is 5.85. The van der Waals surface area contributed by atoms with E-state index >= 15 is 0 Å². The highest BCUT2D eigenvalue weighted by Gasteiger charge is 2.35.